The highest BCUT2D eigenvalue weighted by atomic mass is 32.1. The molecular weight excluding hydrogens is 364 g/mol. The predicted molar refractivity (Wildman–Crippen MR) is 114 cm³/mol. The third-order valence-corrected chi connectivity index (χ3v) is 5.51. The van der Waals surface area contributed by atoms with E-state index in [0.29, 0.717) is 6.54 Å². The van der Waals surface area contributed by atoms with Crippen molar-refractivity contribution in [1.82, 2.24) is 10.3 Å². The second kappa shape index (κ2) is 8.63. The molecule has 0 aliphatic carbocycles. The van der Waals surface area contributed by atoms with Gasteiger partial charge in [0.15, 0.2) is 0 Å². The Morgan fingerprint density at radius 2 is 1.57 bits per heavy atom. The van der Waals surface area contributed by atoms with Crippen LogP contribution in [0.5, 0.6) is 0 Å². The Morgan fingerprint density at radius 1 is 0.893 bits per heavy atom. The summed E-state index contributed by atoms with van der Waals surface area (Å²) in [6, 6.07) is 26.0. The Balaban J connectivity index is 1.53. The monoisotopic (exact) mass is 384 g/mol. The Labute approximate surface area is 168 Å². The first-order chi connectivity index (χ1) is 13.8. The summed E-state index contributed by atoms with van der Waals surface area (Å²) in [5, 5.41) is 5.14. The second-order valence-electron chi connectivity index (χ2n) is 6.53. The molecular formula is C24H20N2OS. The summed E-state index contributed by atoms with van der Waals surface area (Å²) >= 11 is 1.68. The van der Waals surface area contributed by atoms with Crippen LogP contribution in [0.4, 0.5) is 0 Å². The van der Waals surface area contributed by atoms with E-state index in [0.717, 1.165) is 22.3 Å². The molecule has 2 heterocycles. The number of hydrogen-bond donors (Lipinski definition) is 1. The molecule has 3 nitrogen and oxygen atoms in total. The zero-order valence-corrected chi connectivity index (χ0v) is 16.1. The highest BCUT2D eigenvalue weighted by Gasteiger charge is 2.22. The molecule has 1 amide bonds. The lowest BCUT2D eigenvalue weighted by Gasteiger charge is -2.18. The van der Waals surface area contributed by atoms with Crippen molar-refractivity contribution >= 4 is 17.2 Å². The number of carbonyl (C=O) groups is 1. The second-order valence-corrected chi connectivity index (χ2v) is 7.48. The number of benzene rings is 2. The van der Waals surface area contributed by atoms with E-state index >= 15 is 0 Å². The number of carbonyl (C=O) groups excluding carboxylic acids is 1. The van der Waals surface area contributed by atoms with Gasteiger partial charge in [0.05, 0.1) is 5.92 Å². The highest BCUT2D eigenvalue weighted by Crippen LogP contribution is 2.26. The number of aromatic nitrogens is 1. The first-order valence-corrected chi connectivity index (χ1v) is 10.0. The largest absolute Gasteiger partial charge is 0.351 e. The summed E-state index contributed by atoms with van der Waals surface area (Å²) in [5.41, 5.74) is 4.02. The van der Waals surface area contributed by atoms with Crippen molar-refractivity contribution in [1.29, 1.82) is 0 Å². The highest BCUT2D eigenvalue weighted by molar-refractivity contribution is 7.13. The molecule has 28 heavy (non-hydrogen) atoms. The van der Waals surface area contributed by atoms with E-state index in [-0.39, 0.29) is 11.8 Å². The molecule has 138 valence electrons. The Bertz CT molecular complexity index is 991. The van der Waals surface area contributed by atoms with Gasteiger partial charge in [-0.15, -0.1) is 11.3 Å². The molecule has 0 aliphatic rings. The fraction of sp³-hybridized carbons (Fsp3) is 0.0833. The van der Waals surface area contributed by atoms with Gasteiger partial charge in [-0.2, -0.15) is 0 Å². The maximum absolute atomic E-state index is 13.1. The fourth-order valence-electron chi connectivity index (χ4n) is 3.24. The molecule has 0 atom stereocenters. The summed E-state index contributed by atoms with van der Waals surface area (Å²) in [6.07, 6.45) is 3.66. The first-order valence-electron chi connectivity index (χ1n) is 9.16. The zero-order chi connectivity index (χ0) is 19.2. The van der Waals surface area contributed by atoms with E-state index in [1.165, 1.54) is 4.88 Å². The number of nitrogens with one attached hydrogen (secondary N) is 1. The van der Waals surface area contributed by atoms with Crippen LogP contribution in [0, 0.1) is 0 Å². The molecule has 0 aliphatic heterocycles. The molecule has 2 aromatic carbocycles. The van der Waals surface area contributed by atoms with Crippen LogP contribution in [-0.2, 0) is 11.3 Å². The number of rotatable bonds is 6. The van der Waals surface area contributed by atoms with Crippen LogP contribution in [0.3, 0.4) is 0 Å². The lowest BCUT2D eigenvalue weighted by Crippen LogP contribution is -2.29. The molecule has 4 aromatic rings. The normalized spacial score (nSPS) is 10.8. The van der Waals surface area contributed by atoms with E-state index in [1.807, 2.05) is 78.3 Å². The lowest BCUT2D eigenvalue weighted by atomic mass is 9.90. The number of pyridine rings is 1. The maximum Gasteiger partial charge on any atom is 0.232 e. The van der Waals surface area contributed by atoms with Gasteiger partial charge in [-0.1, -0.05) is 66.7 Å². The van der Waals surface area contributed by atoms with Crippen LogP contribution in [0.25, 0.3) is 10.4 Å². The minimum Gasteiger partial charge on any atom is -0.351 e. The summed E-state index contributed by atoms with van der Waals surface area (Å²) in [6.45, 7) is 0.446. The van der Waals surface area contributed by atoms with Crippen molar-refractivity contribution in [2.45, 2.75) is 12.5 Å². The molecule has 0 spiro atoms. The Hall–Kier alpha value is -3.24. The Morgan fingerprint density at radius 3 is 2.18 bits per heavy atom. The number of hydrogen-bond acceptors (Lipinski definition) is 3. The van der Waals surface area contributed by atoms with Gasteiger partial charge in [0.25, 0.3) is 0 Å². The van der Waals surface area contributed by atoms with Crippen molar-refractivity contribution < 1.29 is 4.79 Å². The fourth-order valence-corrected chi connectivity index (χ4v) is 3.95. The molecule has 2 aromatic heterocycles. The molecule has 4 rings (SSSR count). The van der Waals surface area contributed by atoms with Gasteiger partial charge in [-0.3, -0.25) is 9.78 Å². The third kappa shape index (κ3) is 4.18. The number of nitrogens with zero attached hydrogens (tertiary/aromatic N) is 1. The van der Waals surface area contributed by atoms with Gasteiger partial charge >= 0.3 is 0 Å². The summed E-state index contributed by atoms with van der Waals surface area (Å²) in [7, 11) is 0. The molecule has 0 unspecified atom stereocenters. The van der Waals surface area contributed by atoms with Gasteiger partial charge in [0, 0.05) is 29.4 Å². The molecule has 1 N–H and O–H groups in total. The number of amides is 1. The maximum atomic E-state index is 13.1. The Kier molecular flexibility index (Phi) is 5.59. The summed E-state index contributed by atoms with van der Waals surface area (Å²) in [5.74, 6) is -0.352. The van der Waals surface area contributed by atoms with Crippen LogP contribution >= 0.6 is 11.3 Å². The smallest absolute Gasteiger partial charge is 0.232 e. The van der Waals surface area contributed by atoms with Crippen molar-refractivity contribution in [2.75, 3.05) is 0 Å². The average molecular weight is 385 g/mol. The zero-order valence-electron chi connectivity index (χ0n) is 15.3. The molecule has 0 saturated carbocycles. The standard InChI is InChI=1S/C24H20N2OS/c27-24(23(19-8-3-1-4-9-19)20-10-5-2-6-11-20)26-16-18-14-21(17-25-15-18)22-12-7-13-28-22/h1-15,17,23H,16H2,(H,26,27). The van der Waals surface area contributed by atoms with Gasteiger partial charge in [0.1, 0.15) is 0 Å². The van der Waals surface area contributed by atoms with Gasteiger partial charge in [-0.25, -0.2) is 0 Å². The van der Waals surface area contributed by atoms with E-state index in [1.54, 1.807) is 17.5 Å². The van der Waals surface area contributed by atoms with Crippen molar-refractivity contribution in [2.24, 2.45) is 0 Å². The van der Waals surface area contributed by atoms with Crippen molar-refractivity contribution in [3.05, 3.63) is 113 Å². The molecule has 0 radical (unpaired) electrons. The van der Waals surface area contributed by atoms with Gasteiger partial charge < -0.3 is 5.32 Å². The van der Waals surface area contributed by atoms with E-state index < -0.39 is 0 Å². The van der Waals surface area contributed by atoms with Crippen LogP contribution in [0.1, 0.15) is 22.6 Å². The van der Waals surface area contributed by atoms with Crippen LogP contribution in [0.2, 0.25) is 0 Å². The quantitative estimate of drug-likeness (QED) is 0.493. The van der Waals surface area contributed by atoms with Crippen LogP contribution in [0.15, 0.2) is 96.6 Å². The van der Waals surface area contributed by atoms with Crippen LogP contribution < -0.4 is 5.32 Å². The van der Waals surface area contributed by atoms with Gasteiger partial charge in [-0.05, 0) is 34.2 Å². The number of thiophene rings is 1. The summed E-state index contributed by atoms with van der Waals surface area (Å²) < 4.78 is 0. The first kappa shape index (κ1) is 18.1. The minimum absolute atomic E-state index is 0.0149. The summed E-state index contributed by atoms with van der Waals surface area (Å²) in [4.78, 5) is 18.6. The predicted octanol–water partition coefficient (Wildman–Crippen LogP) is 5.26. The van der Waals surface area contributed by atoms with Gasteiger partial charge in [0.2, 0.25) is 5.91 Å². The molecule has 4 heteroatoms. The molecule has 0 bridgehead atoms. The lowest BCUT2D eigenvalue weighted by molar-refractivity contribution is -0.121. The third-order valence-electron chi connectivity index (χ3n) is 4.60. The molecule has 0 saturated heterocycles. The van der Waals surface area contributed by atoms with Crippen molar-refractivity contribution in [3.8, 4) is 10.4 Å². The van der Waals surface area contributed by atoms with Crippen molar-refractivity contribution in [3.63, 3.8) is 0 Å². The van der Waals surface area contributed by atoms with E-state index in [2.05, 4.69) is 22.4 Å². The minimum atomic E-state index is -0.337. The average Bonchev–Trinajstić information content (AvgIpc) is 3.29. The topological polar surface area (TPSA) is 42.0 Å². The SMILES string of the molecule is O=C(NCc1cncc(-c2cccs2)c1)C(c1ccccc1)c1ccccc1. The van der Waals surface area contributed by atoms with E-state index in [9.17, 15) is 4.79 Å². The van der Waals surface area contributed by atoms with Crippen LogP contribution in [-0.4, -0.2) is 10.9 Å². The van der Waals surface area contributed by atoms with E-state index in [4.69, 9.17) is 0 Å². The molecule has 0 fully saturated rings.